The molecule has 1 aliphatic heterocycles. The molecule has 1 atom stereocenters. The van der Waals surface area contributed by atoms with E-state index in [2.05, 4.69) is 57.0 Å². The quantitative estimate of drug-likeness (QED) is 0.586. The van der Waals surface area contributed by atoms with E-state index >= 15 is 0 Å². The van der Waals surface area contributed by atoms with E-state index < -0.39 is 0 Å². The highest BCUT2D eigenvalue weighted by Crippen LogP contribution is 2.43. The molecule has 1 unspecified atom stereocenters. The standard InChI is InChI=1S/C12H17N/c1-9-12(2,3)10-7-5-6-8-11(10)13(9)4/h5-9H,1-4H3. The summed E-state index contributed by atoms with van der Waals surface area (Å²) in [6, 6.07) is 9.29. The smallest absolute Gasteiger partial charge is 0.0405 e. The van der Waals surface area contributed by atoms with Crippen molar-refractivity contribution in [3.63, 3.8) is 0 Å². The fourth-order valence-electron chi connectivity index (χ4n) is 2.24. The first-order valence-corrected chi connectivity index (χ1v) is 4.87. The molecule has 0 aromatic heterocycles. The van der Waals surface area contributed by atoms with E-state index in [9.17, 15) is 0 Å². The zero-order chi connectivity index (χ0) is 9.64. The minimum absolute atomic E-state index is 0.283. The molecule has 13 heavy (non-hydrogen) atoms. The van der Waals surface area contributed by atoms with Crippen LogP contribution >= 0.6 is 0 Å². The van der Waals surface area contributed by atoms with Gasteiger partial charge in [0.05, 0.1) is 0 Å². The summed E-state index contributed by atoms with van der Waals surface area (Å²) in [4.78, 5) is 2.37. The van der Waals surface area contributed by atoms with Crippen molar-refractivity contribution < 1.29 is 0 Å². The summed E-state index contributed by atoms with van der Waals surface area (Å²) >= 11 is 0. The van der Waals surface area contributed by atoms with E-state index in [-0.39, 0.29) is 5.41 Å². The largest absolute Gasteiger partial charge is 0.371 e. The fraction of sp³-hybridized carbons (Fsp3) is 0.500. The fourth-order valence-corrected chi connectivity index (χ4v) is 2.24. The number of nitrogens with zero attached hydrogens (tertiary/aromatic N) is 1. The Bertz CT molecular complexity index is 328. The topological polar surface area (TPSA) is 3.24 Å². The molecule has 2 rings (SSSR count). The highest BCUT2D eigenvalue weighted by atomic mass is 15.2. The molecule has 0 radical (unpaired) electrons. The Kier molecular flexibility index (Phi) is 1.66. The number of hydrogen-bond donors (Lipinski definition) is 0. The first-order valence-electron chi connectivity index (χ1n) is 4.87. The maximum absolute atomic E-state index is 2.37. The Balaban J connectivity index is 2.61. The summed E-state index contributed by atoms with van der Waals surface area (Å²) < 4.78 is 0. The molecule has 0 saturated carbocycles. The van der Waals surface area contributed by atoms with Gasteiger partial charge in [0, 0.05) is 24.2 Å². The molecule has 0 saturated heterocycles. The molecule has 1 heteroatoms. The maximum Gasteiger partial charge on any atom is 0.0405 e. The van der Waals surface area contributed by atoms with Crippen LogP contribution in [0.4, 0.5) is 5.69 Å². The van der Waals surface area contributed by atoms with Crippen LogP contribution in [0.15, 0.2) is 24.3 Å². The van der Waals surface area contributed by atoms with Crippen LogP contribution in [0.3, 0.4) is 0 Å². The van der Waals surface area contributed by atoms with Gasteiger partial charge in [0.15, 0.2) is 0 Å². The zero-order valence-corrected chi connectivity index (χ0v) is 8.83. The van der Waals surface area contributed by atoms with Crippen LogP contribution in [0.25, 0.3) is 0 Å². The van der Waals surface area contributed by atoms with Crippen LogP contribution in [-0.2, 0) is 5.41 Å². The molecular weight excluding hydrogens is 158 g/mol. The molecule has 0 N–H and O–H groups in total. The van der Waals surface area contributed by atoms with Gasteiger partial charge in [0.2, 0.25) is 0 Å². The minimum atomic E-state index is 0.283. The van der Waals surface area contributed by atoms with Gasteiger partial charge >= 0.3 is 0 Å². The second-order valence-electron chi connectivity index (χ2n) is 4.53. The number of fused-ring (bicyclic) bond motifs is 1. The predicted molar refractivity (Wildman–Crippen MR) is 57.3 cm³/mol. The van der Waals surface area contributed by atoms with E-state index in [0.717, 1.165) is 0 Å². The van der Waals surface area contributed by atoms with Crippen LogP contribution in [0.5, 0.6) is 0 Å². The molecule has 70 valence electrons. The Labute approximate surface area is 80.4 Å². The van der Waals surface area contributed by atoms with Gasteiger partial charge in [-0.1, -0.05) is 32.0 Å². The van der Waals surface area contributed by atoms with Crippen LogP contribution in [-0.4, -0.2) is 13.1 Å². The third-order valence-electron chi connectivity index (χ3n) is 3.60. The van der Waals surface area contributed by atoms with E-state index in [4.69, 9.17) is 0 Å². The van der Waals surface area contributed by atoms with E-state index in [1.165, 1.54) is 11.3 Å². The Morgan fingerprint density at radius 3 is 2.46 bits per heavy atom. The first-order chi connectivity index (χ1) is 6.05. The van der Waals surface area contributed by atoms with Gasteiger partial charge in [0.1, 0.15) is 0 Å². The van der Waals surface area contributed by atoms with Crippen molar-refractivity contribution >= 4 is 5.69 Å². The average molecular weight is 175 g/mol. The molecule has 1 nitrogen and oxygen atoms in total. The summed E-state index contributed by atoms with van der Waals surface area (Å²) in [6.07, 6.45) is 0. The summed E-state index contributed by atoms with van der Waals surface area (Å²) in [5.74, 6) is 0. The molecule has 0 amide bonds. The molecule has 0 fully saturated rings. The van der Waals surface area contributed by atoms with Gasteiger partial charge < -0.3 is 4.90 Å². The summed E-state index contributed by atoms with van der Waals surface area (Å²) in [6.45, 7) is 6.93. The number of anilines is 1. The van der Waals surface area contributed by atoms with Crippen molar-refractivity contribution in [1.82, 2.24) is 0 Å². The molecule has 1 aromatic carbocycles. The number of benzene rings is 1. The Morgan fingerprint density at radius 2 is 1.85 bits per heavy atom. The van der Waals surface area contributed by atoms with Crippen molar-refractivity contribution in [3.8, 4) is 0 Å². The normalized spacial score (nSPS) is 24.6. The summed E-state index contributed by atoms with van der Waals surface area (Å²) in [7, 11) is 2.18. The molecular formula is C12H17N. The van der Waals surface area contributed by atoms with Crippen LogP contribution in [0.2, 0.25) is 0 Å². The summed E-state index contributed by atoms with van der Waals surface area (Å²) in [5, 5.41) is 0. The molecule has 0 spiro atoms. The Morgan fingerprint density at radius 1 is 1.23 bits per heavy atom. The second kappa shape index (κ2) is 2.50. The first kappa shape index (κ1) is 8.61. The molecule has 1 aliphatic rings. The number of hydrogen-bond acceptors (Lipinski definition) is 1. The lowest BCUT2D eigenvalue weighted by Crippen LogP contribution is -2.36. The third-order valence-corrected chi connectivity index (χ3v) is 3.60. The lowest BCUT2D eigenvalue weighted by molar-refractivity contribution is 0.454. The summed E-state index contributed by atoms with van der Waals surface area (Å²) in [5.41, 5.74) is 3.15. The van der Waals surface area contributed by atoms with Gasteiger partial charge in [-0.15, -0.1) is 0 Å². The molecule has 0 aliphatic carbocycles. The minimum Gasteiger partial charge on any atom is -0.371 e. The number of para-hydroxylation sites is 1. The van der Waals surface area contributed by atoms with E-state index in [0.29, 0.717) is 6.04 Å². The van der Waals surface area contributed by atoms with Crippen molar-refractivity contribution in [2.24, 2.45) is 0 Å². The van der Waals surface area contributed by atoms with Crippen LogP contribution in [0.1, 0.15) is 26.3 Å². The van der Waals surface area contributed by atoms with Crippen molar-refractivity contribution in [1.29, 1.82) is 0 Å². The molecule has 1 heterocycles. The van der Waals surface area contributed by atoms with Crippen molar-refractivity contribution in [2.75, 3.05) is 11.9 Å². The highest BCUT2D eigenvalue weighted by Gasteiger charge is 2.39. The van der Waals surface area contributed by atoms with Crippen molar-refractivity contribution in [3.05, 3.63) is 29.8 Å². The van der Waals surface area contributed by atoms with E-state index in [1.54, 1.807) is 0 Å². The van der Waals surface area contributed by atoms with E-state index in [1.807, 2.05) is 0 Å². The van der Waals surface area contributed by atoms with Gasteiger partial charge in [-0.2, -0.15) is 0 Å². The number of likely N-dealkylation sites (N-methyl/N-ethyl adjacent to an activating group) is 1. The predicted octanol–water partition coefficient (Wildman–Crippen LogP) is 2.80. The van der Waals surface area contributed by atoms with Gasteiger partial charge in [-0.25, -0.2) is 0 Å². The van der Waals surface area contributed by atoms with Gasteiger partial charge in [0.25, 0.3) is 0 Å². The monoisotopic (exact) mass is 175 g/mol. The van der Waals surface area contributed by atoms with Crippen LogP contribution < -0.4 is 4.90 Å². The third kappa shape index (κ3) is 0.995. The highest BCUT2D eigenvalue weighted by molar-refractivity contribution is 5.62. The zero-order valence-electron chi connectivity index (χ0n) is 8.83. The lowest BCUT2D eigenvalue weighted by atomic mass is 9.81. The number of rotatable bonds is 0. The van der Waals surface area contributed by atoms with Crippen molar-refractivity contribution in [2.45, 2.75) is 32.2 Å². The maximum atomic E-state index is 2.37. The SMILES string of the molecule is CC1N(C)c2ccccc2C1(C)C. The van der Waals surface area contributed by atoms with Crippen LogP contribution in [0, 0.1) is 0 Å². The molecule has 1 aromatic rings. The van der Waals surface area contributed by atoms with Gasteiger partial charge in [-0.05, 0) is 18.6 Å². The lowest BCUT2D eigenvalue weighted by Gasteiger charge is -2.28. The Hall–Kier alpha value is -0.980. The van der Waals surface area contributed by atoms with Gasteiger partial charge in [-0.3, -0.25) is 0 Å². The average Bonchev–Trinajstić information content (AvgIpc) is 2.30. The molecule has 0 bridgehead atoms. The second-order valence-corrected chi connectivity index (χ2v) is 4.53.